The molecule has 0 radical (unpaired) electrons. The number of piperidine rings is 1. The molecule has 1 saturated carbocycles. The minimum atomic E-state index is -0.346. The van der Waals surface area contributed by atoms with E-state index in [1.54, 1.807) is 6.07 Å². The Hall–Kier alpha value is -2.32. The van der Waals surface area contributed by atoms with Crippen LogP contribution in [0.15, 0.2) is 22.7 Å². The van der Waals surface area contributed by atoms with E-state index in [1.807, 2.05) is 19.9 Å². The first kappa shape index (κ1) is 19.6. The van der Waals surface area contributed by atoms with Crippen LogP contribution in [0.2, 0.25) is 0 Å². The third-order valence-corrected chi connectivity index (χ3v) is 6.64. The average molecular weight is 413 g/mol. The number of likely N-dealkylation sites (tertiary alicyclic amines) is 1. The molecule has 1 aliphatic heterocycles. The number of aromatic nitrogens is 4. The molecule has 1 N–H and O–H groups in total. The summed E-state index contributed by atoms with van der Waals surface area (Å²) in [6.45, 7) is 5.91. The molecule has 160 valence electrons. The van der Waals surface area contributed by atoms with Gasteiger partial charge in [0, 0.05) is 17.3 Å². The normalized spacial score (nSPS) is 23.8. The molecular weight excluding hydrogens is 385 g/mol. The van der Waals surface area contributed by atoms with Gasteiger partial charge in [-0.25, -0.2) is 4.39 Å². The fraction of sp³-hybridized carbons (Fsp3) is 0.591. The summed E-state index contributed by atoms with van der Waals surface area (Å²) in [5.41, 5.74) is 1.21. The van der Waals surface area contributed by atoms with Crippen molar-refractivity contribution >= 4 is 10.9 Å². The van der Waals surface area contributed by atoms with Gasteiger partial charge < -0.3 is 9.63 Å². The number of aliphatic hydroxyl groups is 1. The Balaban J connectivity index is 1.38. The molecule has 30 heavy (non-hydrogen) atoms. The molecule has 0 amide bonds. The summed E-state index contributed by atoms with van der Waals surface area (Å²) in [7, 11) is 0. The molecule has 0 bridgehead atoms. The Morgan fingerprint density at radius 2 is 1.97 bits per heavy atom. The third kappa shape index (κ3) is 3.32. The van der Waals surface area contributed by atoms with Gasteiger partial charge in [-0.2, -0.15) is 14.8 Å². The van der Waals surface area contributed by atoms with Gasteiger partial charge >= 0.3 is 0 Å². The molecule has 8 heteroatoms. The van der Waals surface area contributed by atoms with E-state index in [0.717, 1.165) is 56.3 Å². The molecule has 2 fully saturated rings. The summed E-state index contributed by atoms with van der Waals surface area (Å²) < 4.78 is 21.7. The standard InChI is InChI=1S/C22H28FN5O2/c1-13(2)19-15-5-3-6-16(23)20(15)28(25-19)22-24-21(30-26-22)14-9-11-27(12-10-14)17-7-4-8-18(17)29/h3,5-6,13-14,17-18,29H,4,7-12H2,1-2H3. The molecule has 1 aromatic carbocycles. The van der Waals surface area contributed by atoms with Crippen LogP contribution in [0.25, 0.3) is 16.9 Å². The lowest BCUT2D eigenvalue weighted by molar-refractivity contribution is 0.0528. The fourth-order valence-corrected chi connectivity index (χ4v) is 5.02. The summed E-state index contributed by atoms with van der Waals surface area (Å²) >= 11 is 0. The van der Waals surface area contributed by atoms with Crippen molar-refractivity contribution in [2.24, 2.45) is 0 Å². The summed E-state index contributed by atoms with van der Waals surface area (Å²) in [5.74, 6) is 0.847. The largest absolute Gasteiger partial charge is 0.391 e. The maximum Gasteiger partial charge on any atom is 0.291 e. The zero-order valence-electron chi connectivity index (χ0n) is 17.5. The fourth-order valence-electron chi connectivity index (χ4n) is 5.02. The van der Waals surface area contributed by atoms with Gasteiger partial charge in [-0.05, 0) is 62.3 Å². The molecule has 2 aromatic heterocycles. The Morgan fingerprint density at radius 1 is 1.17 bits per heavy atom. The van der Waals surface area contributed by atoms with Crippen molar-refractivity contribution in [3.63, 3.8) is 0 Å². The zero-order chi connectivity index (χ0) is 20.8. The van der Waals surface area contributed by atoms with Crippen molar-refractivity contribution in [2.75, 3.05) is 13.1 Å². The van der Waals surface area contributed by atoms with Crippen LogP contribution in [0.1, 0.15) is 69.4 Å². The molecule has 2 atom stereocenters. The van der Waals surface area contributed by atoms with Crippen LogP contribution in [0, 0.1) is 5.82 Å². The number of rotatable bonds is 4. The van der Waals surface area contributed by atoms with Gasteiger partial charge in [-0.3, -0.25) is 4.90 Å². The molecule has 3 heterocycles. The van der Waals surface area contributed by atoms with Gasteiger partial charge in [-0.15, -0.1) is 0 Å². The maximum atomic E-state index is 14.6. The van der Waals surface area contributed by atoms with E-state index in [4.69, 9.17) is 4.52 Å². The molecule has 2 aliphatic rings. The Kier molecular flexibility index (Phi) is 5.06. The minimum Gasteiger partial charge on any atom is -0.391 e. The lowest BCUT2D eigenvalue weighted by Gasteiger charge is -2.36. The summed E-state index contributed by atoms with van der Waals surface area (Å²) in [6.07, 6.45) is 4.71. The molecule has 5 rings (SSSR count). The molecule has 0 spiro atoms. The number of halogens is 1. The quantitative estimate of drug-likeness (QED) is 0.701. The monoisotopic (exact) mass is 413 g/mol. The van der Waals surface area contributed by atoms with Gasteiger partial charge in [0.05, 0.1) is 11.8 Å². The zero-order valence-corrected chi connectivity index (χ0v) is 17.5. The SMILES string of the molecule is CC(C)c1nn(-c2noc(C3CCN(C4CCCC4O)CC3)n2)c2c(F)cccc12. The van der Waals surface area contributed by atoms with Crippen LogP contribution in [-0.4, -0.2) is 55.2 Å². The van der Waals surface area contributed by atoms with Crippen LogP contribution in [0.4, 0.5) is 4.39 Å². The van der Waals surface area contributed by atoms with Crippen molar-refractivity contribution in [3.8, 4) is 5.95 Å². The molecule has 3 aromatic rings. The summed E-state index contributed by atoms with van der Waals surface area (Å²) in [5, 5.41) is 19.7. The predicted octanol–water partition coefficient (Wildman–Crippen LogP) is 3.76. The number of hydrogen-bond donors (Lipinski definition) is 1. The van der Waals surface area contributed by atoms with Gasteiger partial charge in [0.15, 0.2) is 0 Å². The van der Waals surface area contributed by atoms with Crippen molar-refractivity contribution in [2.45, 2.75) is 69.9 Å². The van der Waals surface area contributed by atoms with Gasteiger partial charge in [-0.1, -0.05) is 26.0 Å². The lowest BCUT2D eigenvalue weighted by Crippen LogP contribution is -2.44. The second kappa shape index (κ2) is 7.74. The van der Waals surface area contributed by atoms with E-state index in [2.05, 4.69) is 20.1 Å². The van der Waals surface area contributed by atoms with Gasteiger partial charge in [0.1, 0.15) is 11.3 Å². The number of nitrogens with zero attached hydrogens (tertiary/aromatic N) is 5. The molecule has 1 aliphatic carbocycles. The van der Waals surface area contributed by atoms with E-state index < -0.39 is 0 Å². The first-order valence-electron chi connectivity index (χ1n) is 11.0. The van der Waals surface area contributed by atoms with E-state index in [-0.39, 0.29) is 35.7 Å². The Bertz CT molecular complexity index is 1040. The Labute approximate surface area is 174 Å². The van der Waals surface area contributed by atoms with Gasteiger partial charge in [0.2, 0.25) is 5.89 Å². The Morgan fingerprint density at radius 3 is 2.67 bits per heavy atom. The molecule has 1 saturated heterocycles. The van der Waals surface area contributed by atoms with Crippen LogP contribution < -0.4 is 0 Å². The average Bonchev–Trinajstić information content (AvgIpc) is 3.46. The second-order valence-corrected chi connectivity index (χ2v) is 8.90. The highest BCUT2D eigenvalue weighted by Gasteiger charge is 2.34. The number of hydrogen-bond acceptors (Lipinski definition) is 6. The first-order chi connectivity index (χ1) is 14.5. The van der Waals surface area contributed by atoms with Crippen LogP contribution >= 0.6 is 0 Å². The number of benzene rings is 1. The number of fused-ring (bicyclic) bond motifs is 1. The molecule has 2 unspecified atom stereocenters. The topological polar surface area (TPSA) is 80.2 Å². The number of aliphatic hydroxyl groups excluding tert-OH is 1. The molecular formula is C22H28FN5O2. The van der Waals surface area contributed by atoms with Crippen LogP contribution in [0.5, 0.6) is 0 Å². The van der Waals surface area contributed by atoms with E-state index >= 15 is 0 Å². The predicted molar refractivity (Wildman–Crippen MR) is 110 cm³/mol. The first-order valence-corrected chi connectivity index (χ1v) is 11.0. The highest BCUT2D eigenvalue weighted by Crippen LogP contribution is 2.33. The lowest BCUT2D eigenvalue weighted by atomic mass is 9.95. The smallest absolute Gasteiger partial charge is 0.291 e. The summed E-state index contributed by atoms with van der Waals surface area (Å²) in [6, 6.07) is 5.30. The van der Waals surface area contributed by atoms with Crippen molar-refractivity contribution < 1.29 is 14.0 Å². The summed E-state index contributed by atoms with van der Waals surface area (Å²) in [4.78, 5) is 6.99. The maximum absolute atomic E-state index is 14.6. The second-order valence-electron chi connectivity index (χ2n) is 8.90. The van der Waals surface area contributed by atoms with Crippen molar-refractivity contribution in [1.29, 1.82) is 0 Å². The van der Waals surface area contributed by atoms with E-state index in [1.165, 1.54) is 10.7 Å². The van der Waals surface area contributed by atoms with Crippen LogP contribution in [0.3, 0.4) is 0 Å². The highest BCUT2D eigenvalue weighted by atomic mass is 19.1. The third-order valence-electron chi connectivity index (χ3n) is 6.64. The highest BCUT2D eigenvalue weighted by molar-refractivity contribution is 5.84. The van der Waals surface area contributed by atoms with Gasteiger partial charge in [0.25, 0.3) is 5.95 Å². The minimum absolute atomic E-state index is 0.150. The van der Waals surface area contributed by atoms with Crippen LogP contribution in [-0.2, 0) is 0 Å². The van der Waals surface area contributed by atoms with Crippen molar-refractivity contribution in [1.82, 2.24) is 24.8 Å². The molecule has 7 nitrogen and oxygen atoms in total. The van der Waals surface area contributed by atoms with E-state index in [9.17, 15) is 9.50 Å². The van der Waals surface area contributed by atoms with Crippen molar-refractivity contribution in [3.05, 3.63) is 35.6 Å². The van der Waals surface area contributed by atoms with E-state index in [0.29, 0.717) is 11.4 Å². The number of para-hydroxylation sites is 1.